The van der Waals surface area contributed by atoms with E-state index in [2.05, 4.69) is 26.1 Å². The van der Waals surface area contributed by atoms with Crippen LogP contribution in [0.25, 0.3) is 0 Å². The fourth-order valence-corrected chi connectivity index (χ4v) is 3.11. The highest BCUT2D eigenvalue weighted by Crippen LogP contribution is 2.28. The van der Waals surface area contributed by atoms with E-state index in [1.54, 1.807) is 11.8 Å². The van der Waals surface area contributed by atoms with Gasteiger partial charge in [0, 0.05) is 11.3 Å². The van der Waals surface area contributed by atoms with Crippen molar-refractivity contribution in [1.29, 1.82) is 0 Å². The highest BCUT2D eigenvalue weighted by molar-refractivity contribution is 8.00. The third kappa shape index (κ3) is 3.71. The molecule has 1 rings (SSSR count). The molecule has 1 aliphatic heterocycles. The maximum Gasteiger partial charge on any atom is 0.230 e. The van der Waals surface area contributed by atoms with Crippen molar-refractivity contribution >= 4 is 17.7 Å². The van der Waals surface area contributed by atoms with Gasteiger partial charge in [0.05, 0.1) is 5.75 Å². The molecular weight excluding hydrogens is 206 g/mol. The van der Waals surface area contributed by atoms with E-state index in [0.717, 1.165) is 24.5 Å². The maximum atomic E-state index is 11.4. The molecule has 1 saturated heterocycles. The van der Waals surface area contributed by atoms with Crippen LogP contribution in [-0.4, -0.2) is 23.0 Å². The van der Waals surface area contributed by atoms with Gasteiger partial charge in [-0.25, -0.2) is 0 Å². The Morgan fingerprint density at radius 3 is 2.80 bits per heavy atom. The summed E-state index contributed by atoms with van der Waals surface area (Å²) < 4.78 is 0. The molecule has 0 aromatic carbocycles. The molecule has 1 N–H and O–H groups in total. The van der Waals surface area contributed by atoms with Crippen LogP contribution in [0.4, 0.5) is 0 Å². The Labute approximate surface area is 97.6 Å². The second kappa shape index (κ2) is 5.78. The molecule has 0 saturated carbocycles. The lowest BCUT2D eigenvalue weighted by Gasteiger charge is -2.37. The Morgan fingerprint density at radius 2 is 2.27 bits per heavy atom. The number of thioether (sulfide) groups is 1. The van der Waals surface area contributed by atoms with Crippen molar-refractivity contribution in [2.75, 3.05) is 11.5 Å². The van der Waals surface area contributed by atoms with Gasteiger partial charge in [-0.1, -0.05) is 27.2 Å². The largest absolute Gasteiger partial charge is 0.349 e. The van der Waals surface area contributed by atoms with Crippen LogP contribution in [0.15, 0.2) is 0 Å². The van der Waals surface area contributed by atoms with Gasteiger partial charge < -0.3 is 5.32 Å². The summed E-state index contributed by atoms with van der Waals surface area (Å²) in [5.41, 5.74) is 0.0867. The lowest BCUT2D eigenvalue weighted by Crippen LogP contribution is -2.54. The van der Waals surface area contributed by atoms with Gasteiger partial charge in [0.1, 0.15) is 0 Å². The molecular formula is C12H23NOS. The fourth-order valence-electron chi connectivity index (χ4n) is 1.94. The predicted octanol–water partition coefficient (Wildman–Crippen LogP) is 2.82. The van der Waals surface area contributed by atoms with E-state index in [4.69, 9.17) is 0 Å². The molecule has 0 aliphatic carbocycles. The molecule has 1 fully saturated rings. The molecule has 1 amide bonds. The number of carbonyl (C=O) groups excluding carboxylic acids is 1. The highest BCUT2D eigenvalue weighted by atomic mass is 32.2. The van der Waals surface area contributed by atoms with Crippen LogP contribution >= 0.6 is 11.8 Å². The molecule has 0 aromatic rings. The second-order valence-electron chi connectivity index (χ2n) is 4.73. The number of hydrogen-bond donors (Lipinski definition) is 1. The van der Waals surface area contributed by atoms with Gasteiger partial charge in [0.2, 0.25) is 5.91 Å². The summed E-state index contributed by atoms with van der Waals surface area (Å²) in [6.45, 7) is 6.71. The van der Waals surface area contributed by atoms with E-state index in [0.29, 0.717) is 5.75 Å². The lowest BCUT2D eigenvalue weighted by molar-refractivity contribution is -0.120. The zero-order valence-corrected chi connectivity index (χ0v) is 11.0. The minimum atomic E-state index is 0.0867. The normalized spacial score (nSPS) is 28.6. The van der Waals surface area contributed by atoms with Crippen LogP contribution in [0.1, 0.15) is 46.5 Å². The summed E-state index contributed by atoms with van der Waals surface area (Å²) in [4.78, 5) is 11.4. The van der Waals surface area contributed by atoms with E-state index in [-0.39, 0.29) is 11.4 Å². The summed E-state index contributed by atoms with van der Waals surface area (Å²) in [6, 6.07) is 0. The molecule has 1 aliphatic rings. The van der Waals surface area contributed by atoms with Gasteiger partial charge >= 0.3 is 0 Å². The Hall–Kier alpha value is -0.180. The van der Waals surface area contributed by atoms with Gasteiger partial charge in [-0.05, 0) is 25.2 Å². The van der Waals surface area contributed by atoms with Gasteiger partial charge in [0.15, 0.2) is 0 Å². The Bertz CT molecular complexity index is 220. The van der Waals surface area contributed by atoms with Crippen molar-refractivity contribution < 1.29 is 4.79 Å². The first kappa shape index (κ1) is 12.9. The van der Waals surface area contributed by atoms with E-state index in [9.17, 15) is 4.79 Å². The van der Waals surface area contributed by atoms with Crippen LogP contribution in [0.3, 0.4) is 0 Å². The van der Waals surface area contributed by atoms with Crippen LogP contribution < -0.4 is 5.32 Å². The van der Waals surface area contributed by atoms with Gasteiger partial charge in [-0.2, -0.15) is 0 Å². The highest BCUT2D eigenvalue weighted by Gasteiger charge is 2.33. The molecule has 0 radical (unpaired) electrons. The van der Waals surface area contributed by atoms with Crippen LogP contribution in [-0.2, 0) is 4.79 Å². The van der Waals surface area contributed by atoms with Crippen molar-refractivity contribution in [2.24, 2.45) is 5.92 Å². The number of rotatable bonds is 5. The molecule has 2 atom stereocenters. The average molecular weight is 229 g/mol. The SMILES string of the molecule is CCC(C)CCC1(CC)CSCC(=O)N1. The van der Waals surface area contributed by atoms with Crippen molar-refractivity contribution in [1.82, 2.24) is 5.32 Å². The quantitative estimate of drug-likeness (QED) is 0.785. The summed E-state index contributed by atoms with van der Waals surface area (Å²) in [7, 11) is 0. The van der Waals surface area contributed by atoms with Crippen LogP contribution in [0.5, 0.6) is 0 Å². The molecule has 2 nitrogen and oxygen atoms in total. The second-order valence-corrected chi connectivity index (χ2v) is 5.71. The van der Waals surface area contributed by atoms with Crippen molar-refractivity contribution in [2.45, 2.75) is 52.0 Å². The zero-order valence-electron chi connectivity index (χ0n) is 10.1. The number of hydrogen-bond acceptors (Lipinski definition) is 2. The van der Waals surface area contributed by atoms with E-state index >= 15 is 0 Å². The van der Waals surface area contributed by atoms with Crippen molar-refractivity contribution in [3.8, 4) is 0 Å². The van der Waals surface area contributed by atoms with Crippen molar-refractivity contribution in [3.63, 3.8) is 0 Å². The van der Waals surface area contributed by atoms with Gasteiger partial charge in [-0.15, -0.1) is 11.8 Å². The molecule has 15 heavy (non-hydrogen) atoms. The van der Waals surface area contributed by atoms with E-state index in [1.165, 1.54) is 12.8 Å². The Morgan fingerprint density at radius 1 is 1.53 bits per heavy atom. The minimum Gasteiger partial charge on any atom is -0.349 e. The third-order valence-corrected chi connectivity index (χ3v) is 4.73. The lowest BCUT2D eigenvalue weighted by atomic mass is 9.88. The maximum absolute atomic E-state index is 11.4. The summed E-state index contributed by atoms with van der Waals surface area (Å²) in [5.74, 6) is 2.73. The first-order valence-electron chi connectivity index (χ1n) is 6.00. The molecule has 2 unspecified atom stereocenters. The van der Waals surface area contributed by atoms with E-state index < -0.39 is 0 Å². The number of nitrogens with one attached hydrogen (secondary N) is 1. The molecule has 88 valence electrons. The summed E-state index contributed by atoms with van der Waals surface area (Å²) in [6.07, 6.45) is 4.66. The minimum absolute atomic E-state index is 0.0867. The smallest absolute Gasteiger partial charge is 0.230 e. The van der Waals surface area contributed by atoms with Gasteiger partial charge in [-0.3, -0.25) is 4.79 Å². The monoisotopic (exact) mass is 229 g/mol. The topological polar surface area (TPSA) is 29.1 Å². The predicted molar refractivity (Wildman–Crippen MR) is 67.2 cm³/mol. The number of amides is 1. The standard InChI is InChI=1S/C12H23NOS/c1-4-10(3)6-7-12(5-2)9-15-8-11(14)13-12/h10H,4-9H2,1-3H3,(H,13,14). The third-order valence-electron chi connectivity index (χ3n) is 3.51. The van der Waals surface area contributed by atoms with Crippen molar-refractivity contribution in [3.05, 3.63) is 0 Å². The zero-order chi connectivity index (χ0) is 11.3. The first-order valence-corrected chi connectivity index (χ1v) is 7.16. The van der Waals surface area contributed by atoms with E-state index in [1.807, 2.05) is 0 Å². The average Bonchev–Trinajstić information content (AvgIpc) is 2.26. The fraction of sp³-hybridized carbons (Fsp3) is 0.917. The molecule has 0 bridgehead atoms. The van der Waals surface area contributed by atoms with Gasteiger partial charge in [0.25, 0.3) is 0 Å². The molecule has 3 heteroatoms. The number of carbonyl (C=O) groups is 1. The van der Waals surface area contributed by atoms with Crippen LogP contribution in [0.2, 0.25) is 0 Å². The molecule has 0 aromatic heterocycles. The first-order chi connectivity index (χ1) is 7.12. The van der Waals surface area contributed by atoms with Crippen LogP contribution in [0, 0.1) is 5.92 Å². The Balaban J connectivity index is 2.48. The molecule has 0 spiro atoms. The summed E-state index contributed by atoms with van der Waals surface area (Å²) in [5, 5.41) is 3.20. The Kier molecular flexibility index (Phi) is 4.97. The summed E-state index contributed by atoms with van der Waals surface area (Å²) >= 11 is 1.78. The molecule has 1 heterocycles.